The van der Waals surface area contributed by atoms with Crippen LogP contribution in [0.15, 0.2) is 54.7 Å². The molecule has 0 saturated carbocycles. The van der Waals surface area contributed by atoms with Crippen LogP contribution in [-0.4, -0.2) is 34.0 Å². The van der Waals surface area contributed by atoms with Crippen molar-refractivity contribution >= 4 is 0 Å². The minimum atomic E-state index is 0.399. The SMILES string of the molecule is Cc1ccc(Cn2cc(-c3ccc(C(C)N(C)C)cc3)nn2)cc1. The number of aryl methyl sites for hydroxylation is 1. The maximum Gasteiger partial charge on any atom is 0.113 e. The van der Waals surface area contributed by atoms with E-state index in [1.54, 1.807) is 0 Å². The van der Waals surface area contributed by atoms with Crippen LogP contribution in [-0.2, 0) is 6.54 Å². The predicted molar refractivity (Wildman–Crippen MR) is 97.8 cm³/mol. The van der Waals surface area contributed by atoms with Gasteiger partial charge in [0, 0.05) is 11.6 Å². The van der Waals surface area contributed by atoms with Gasteiger partial charge >= 0.3 is 0 Å². The molecular formula is C20H24N4. The van der Waals surface area contributed by atoms with E-state index >= 15 is 0 Å². The Bertz CT molecular complexity index is 785. The van der Waals surface area contributed by atoms with Crippen LogP contribution in [0.3, 0.4) is 0 Å². The van der Waals surface area contributed by atoms with Crippen molar-refractivity contribution in [1.82, 2.24) is 19.9 Å². The highest BCUT2D eigenvalue weighted by molar-refractivity contribution is 5.58. The van der Waals surface area contributed by atoms with Crippen molar-refractivity contribution in [3.05, 3.63) is 71.4 Å². The summed E-state index contributed by atoms with van der Waals surface area (Å²) < 4.78 is 1.89. The molecule has 1 aromatic heterocycles. The van der Waals surface area contributed by atoms with E-state index in [1.807, 2.05) is 10.9 Å². The lowest BCUT2D eigenvalue weighted by Crippen LogP contribution is -2.16. The third-order valence-electron chi connectivity index (χ3n) is 4.47. The van der Waals surface area contributed by atoms with Gasteiger partial charge in [0.2, 0.25) is 0 Å². The third kappa shape index (κ3) is 3.71. The number of rotatable bonds is 5. The van der Waals surface area contributed by atoms with Gasteiger partial charge < -0.3 is 4.90 Å². The largest absolute Gasteiger partial charge is 0.303 e. The van der Waals surface area contributed by atoms with Crippen molar-refractivity contribution in [3.8, 4) is 11.3 Å². The van der Waals surface area contributed by atoms with Crippen LogP contribution in [0.1, 0.15) is 29.7 Å². The van der Waals surface area contributed by atoms with Crippen molar-refractivity contribution < 1.29 is 0 Å². The molecule has 0 saturated heterocycles. The molecule has 4 heteroatoms. The van der Waals surface area contributed by atoms with E-state index in [4.69, 9.17) is 0 Å². The average molecular weight is 320 g/mol. The van der Waals surface area contributed by atoms with Crippen molar-refractivity contribution in [2.75, 3.05) is 14.1 Å². The number of hydrogen-bond donors (Lipinski definition) is 0. The minimum absolute atomic E-state index is 0.399. The first-order chi connectivity index (χ1) is 11.5. The van der Waals surface area contributed by atoms with E-state index in [1.165, 1.54) is 16.7 Å². The average Bonchev–Trinajstić information content (AvgIpc) is 3.05. The van der Waals surface area contributed by atoms with Crippen molar-refractivity contribution in [1.29, 1.82) is 0 Å². The fourth-order valence-electron chi connectivity index (χ4n) is 2.62. The summed E-state index contributed by atoms with van der Waals surface area (Å²) in [5.74, 6) is 0. The molecule has 0 aliphatic carbocycles. The molecule has 0 radical (unpaired) electrons. The molecule has 1 atom stereocenters. The van der Waals surface area contributed by atoms with E-state index < -0.39 is 0 Å². The predicted octanol–water partition coefficient (Wildman–Crippen LogP) is 3.92. The van der Waals surface area contributed by atoms with E-state index in [0.717, 1.165) is 17.8 Å². The van der Waals surface area contributed by atoms with Crippen LogP contribution in [0.2, 0.25) is 0 Å². The molecule has 0 fully saturated rings. The Morgan fingerprint density at radius 3 is 2.29 bits per heavy atom. The summed E-state index contributed by atoms with van der Waals surface area (Å²) in [7, 11) is 4.19. The van der Waals surface area contributed by atoms with Crippen LogP contribution in [0.4, 0.5) is 0 Å². The fourth-order valence-corrected chi connectivity index (χ4v) is 2.62. The van der Waals surface area contributed by atoms with E-state index in [9.17, 15) is 0 Å². The Balaban J connectivity index is 1.74. The van der Waals surface area contributed by atoms with Gasteiger partial charge in [-0.3, -0.25) is 0 Å². The van der Waals surface area contributed by atoms with Gasteiger partial charge in [0.05, 0.1) is 12.7 Å². The summed E-state index contributed by atoms with van der Waals surface area (Å²) in [6.07, 6.45) is 2.00. The zero-order valence-electron chi connectivity index (χ0n) is 14.8. The highest BCUT2D eigenvalue weighted by atomic mass is 15.4. The van der Waals surface area contributed by atoms with Gasteiger partial charge in [-0.1, -0.05) is 59.3 Å². The smallest absolute Gasteiger partial charge is 0.113 e. The van der Waals surface area contributed by atoms with Crippen LogP contribution in [0, 0.1) is 6.92 Å². The molecule has 3 aromatic rings. The van der Waals surface area contributed by atoms with Gasteiger partial charge in [0.15, 0.2) is 0 Å². The van der Waals surface area contributed by atoms with Gasteiger partial charge in [0.1, 0.15) is 5.69 Å². The highest BCUT2D eigenvalue weighted by Crippen LogP contribution is 2.22. The Kier molecular flexibility index (Phi) is 4.76. The zero-order chi connectivity index (χ0) is 17.1. The number of hydrogen-bond acceptors (Lipinski definition) is 3. The maximum absolute atomic E-state index is 4.31. The van der Waals surface area contributed by atoms with Gasteiger partial charge in [-0.2, -0.15) is 0 Å². The van der Waals surface area contributed by atoms with Crippen LogP contribution in [0.25, 0.3) is 11.3 Å². The van der Waals surface area contributed by atoms with E-state index in [0.29, 0.717) is 6.04 Å². The molecule has 2 aromatic carbocycles. The van der Waals surface area contributed by atoms with Crippen LogP contribution in [0.5, 0.6) is 0 Å². The first-order valence-electron chi connectivity index (χ1n) is 8.25. The molecule has 3 rings (SSSR count). The lowest BCUT2D eigenvalue weighted by molar-refractivity contribution is 0.321. The lowest BCUT2D eigenvalue weighted by Gasteiger charge is -2.20. The summed E-state index contributed by atoms with van der Waals surface area (Å²) in [6, 6.07) is 17.5. The normalized spacial score (nSPS) is 12.5. The van der Waals surface area contributed by atoms with Crippen LogP contribution >= 0.6 is 0 Å². The van der Waals surface area contributed by atoms with Gasteiger partial charge in [-0.25, -0.2) is 4.68 Å². The van der Waals surface area contributed by atoms with Gasteiger partial charge in [0.25, 0.3) is 0 Å². The summed E-state index contributed by atoms with van der Waals surface area (Å²) >= 11 is 0. The fraction of sp³-hybridized carbons (Fsp3) is 0.300. The summed E-state index contributed by atoms with van der Waals surface area (Å²) in [5, 5.41) is 8.57. The summed E-state index contributed by atoms with van der Waals surface area (Å²) in [6.45, 7) is 5.04. The highest BCUT2D eigenvalue weighted by Gasteiger charge is 2.09. The summed E-state index contributed by atoms with van der Waals surface area (Å²) in [5.41, 5.74) is 5.80. The Hall–Kier alpha value is -2.46. The lowest BCUT2D eigenvalue weighted by atomic mass is 10.0. The Morgan fingerprint density at radius 2 is 1.67 bits per heavy atom. The zero-order valence-corrected chi connectivity index (χ0v) is 14.8. The minimum Gasteiger partial charge on any atom is -0.303 e. The second-order valence-corrected chi connectivity index (χ2v) is 6.55. The molecule has 1 heterocycles. The Morgan fingerprint density at radius 1 is 1.00 bits per heavy atom. The number of nitrogens with zero attached hydrogens (tertiary/aromatic N) is 4. The monoisotopic (exact) mass is 320 g/mol. The van der Waals surface area contributed by atoms with Crippen molar-refractivity contribution in [3.63, 3.8) is 0 Å². The molecule has 4 nitrogen and oxygen atoms in total. The quantitative estimate of drug-likeness (QED) is 0.714. The number of aromatic nitrogens is 3. The first kappa shape index (κ1) is 16.4. The second kappa shape index (κ2) is 6.97. The molecule has 0 bridgehead atoms. The molecule has 0 N–H and O–H groups in total. The molecule has 0 spiro atoms. The van der Waals surface area contributed by atoms with Crippen LogP contribution < -0.4 is 0 Å². The maximum atomic E-state index is 4.31. The molecule has 0 aliphatic heterocycles. The molecule has 1 unspecified atom stereocenters. The Labute approximate surface area is 143 Å². The molecule has 24 heavy (non-hydrogen) atoms. The van der Waals surface area contributed by atoms with Crippen molar-refractivity contribution in [2.24, 2.45) is 0 Å². The topological polar surface area (TPSA) is 34.0 Å². The van der Waals surface area contributed by atoms with E-state index in [-0.39, 0.29) is 0 Å². The summed E-state index contributed by atoms with van der Waals surface area (Å²) in [4.78, 5) is 2.20. The first-order valence-corrected chi connectivity index (χ1v) is 8.25. The third-order valence-corrected chi connectivity index (χ3v) is 4.47. The molecule has 124 valence electrons. The van der Waals surface area contributed by atoms with Crippen molar-refractivity contribution in [2.45, 2.75) is 26.4 Å². The standard InChI is InChI=1S/C20H24N4/c1-15-5-7-17(8-6-15)13-24-14-20(21-22-24)19-11-9-18(10-12-19)16(2)23(3)4/h5-12,14,16H,13H2,1-4H3. The van der Waals surface area contributed by atoms with Gasteiger partial charge in [-0.15, -0.1) is 5.10 Å². The molecule has 0 amide bonds. The molecule has 0 aliphatic rings. The second-order valence-electron chi connectivity index (χ2n) is 6.55. The molecular weight excluding hydrogens is 296 g/mol. The number of benzene rings is 2. The van der Waals surface area contributed by atoms with Gasteiger partial charge in [-0.05, 0) is 39.1 Å². The van der Waals surface area contributed by atoms with E-state index in [2.05, 4.69) is 91.7 Å².